The zero-order chi connectivity index (χ0) is 14.0. The first-order valence-corrected chi connectivity index (χ1v) is 6.44. The van der Waals surface area contributed by atoms with Crippen molar-refractivity contribution in [1.29, 1.82) is 0 Å². The number of amides is 1. The van der Waals surface area contributed by atoms with Gasteiger partial charge in [-0.15, -0.1) is 0 Å². The van der Waals surface area contributed by atoms with Crippen LogP contribution < -0.4 is 5.32 Å². The van der Waals surface area contributed by atoms with Gasteiger partial charge >= 0.3 is 0 Å². The molecule has 0 atom stereocenters. The lowest BCUT2D eigenvalue weighted by molar-refractivity contribution is 0.102. The first kappa shape index (κ1) is 13.3. The van der Waals surface area contributed by atoms with Crippen LogP contribution in [0.3, 0.4) is 0 Å². The number of carbonyl (C=O) groups is 1. The number of hydrogen-bond donors (Lipinski definition) is 1. The van der Waals surface area contributed by atoms with E-state index in [0.29, 0.717) is 0 Å². The van der Waals surface area contributed by atoms with E-state index < -0.39 is 0 Å². The van der Waals surface area contributed by atoms with Crippen LogP contribution in [-0.2, 0) is 0 Å². The summed E-state index contributed by atoms with van der Waals surface area (Å²) in [5.41, 5.74) is 6.03. The van der Waals surface area contributed by atoms with Crippen LogP contribution in [0.15, 0.2) is 36.4 Å². The van der Waals surface area contributed by atoms with Crippen LogP contribution in [0.4, 0.5) is 5.69 Å². The van der Waals surface area contributed by atoms with Crippen LogP contribution in [0.5, 0.6) is 0 Å². The second-order valence-electron chi connectivity index (χ2n) is 5.04. The number of carbonyl (C=O) groups excluding carboxylic acids is 1. The fourth-order valence-electron chi connectivity index (χ4n) is 2.39. The molecule has 0 aliphatic heterocycles. The van der Waals surface area contributed by atoms with Crippen molar-refractivity contribution in [2.45, 2.75) is 27.7 Å². The summed E-state index contributed by atoms with van der Waals surface area (Å²) < 4.78 is 0. The highest BCUT2D eigenvalue weighted by Crippen LogP contribution is 2.23. The summed E-state index contributed by atoms with van der Waals surface area (Å²) in [5, 5.41) is 3.02. The van der Waals surface area contributed by atoms with Gasteiger partial charge in [-0.25, -0.2) is 0 Å². The third-order valence-electron chi connectivity index (χ3n) is 3.31. The Labute approximate surface area is 114 Å². The maximum Gasteiger partial charge on any atom is 0.255 e. The Bertz CT molecular complexity index is 606. The Morgan fingerprint density at radius 3 is 2.05 bits per heavy atom. The summed E-state index contributed by atoms with van der Waals surface area (Å²) in [6.07, 6.45) is 0. The van der Waals surface area contributed by atoms with Crippen LogP contribution in [0.1, 0.15) is 32.6 Å². The maximum absolute atomic E-state index is 12.3. The standard InChI is InChI=1S/C17H19NO/c1-11-9-13(3)16(14(4)10-11)18-17(19)15-8-6-5-7-12(15)2/h5-10H,1-4H3,(H,18,19). The van der Waals surface area contributed by atoms with E-state index in [1.54, 1.807) is 0 Å². The first-order chi connectivity index (χ1) is 8.99. The zero-order valence-corrected chi connectivity index (χ0v) is 11.9. The van der Waals surface area contributed by atoms with Crippen molar-refractivity contribution in [2.24, 2.45) is 0 Å². The summed E-state index contributed by atoms with van der Waals surface area (Å²) >= 11 is 0. The molecule has 0 saturated carbocycles. The number of anilines is 1. The summed E-state index contributed by atoms with van der Waals surface area (Å²) in [4.78, 5) is 12.3. The normalized spacial score (nSPS) is 10.3. The van der Waals surface area contributed by atoms with Crippen LogP contribution in [-0.4, -0.2) is 5.91 Å². The van der Waals surface area contributed by atoms with E-state index in [1.807, 2.05) is 45.0 Å². The fourth-order valence-corrected chi connectivity index (χ4v) is 2.39. The molecule has 0 radical (unpaired) electrons. The Morgan fingerprint density at radius 2 is 1.47 bits per heavy atom. The summed E-state index contributed by atoms with van der Waals surface area (Å²) in [7, 11) is 0. The second-order valence-corrected chi connectivity index (χ2v) is 5.04. The molecule has 0 bridgehead atoms. The summed E-state index contributed by atoms with van der Waals surface area (Å²) in [6, 6.07) is 11.8. The highest BCUT2D eigenvalue weighted by Gasteiger charge is 2.11. The second kappa shape index (κ2) is 5.27. The van der Waals surface area contributed by atoms with Crippen molar-refractivity contribution < 1.29 is 4.79 Å². The number of nitrogens with one attached hydrogen (secondary N) is 1. The molecule has 0 unspecified atom stereocenters. The number of rotatable bonds is 2. The molecule has 2 rings (SSSR count). The Kier molecular flexibility index (Phi) is 3.70. The van der Waals surface area contributed by atoms with E-state index in [2.05, 4.69) is 24.4 Å². The summed E-state index contributed by atoms with van der Waals surface area (Å²) in [6.45, 7) is 8.05. The minimum atomic E-state index is -0.0480. The van der Waals surface area contributed by atoms with Crippen LogP contribution in [0.2, 0.25) is 0 Å². The molecule has 2 aromatic carbocycles. The Hall–Kier alpha value is -2.09. The molecule has 2 nitrogen and oxygen atoms in total. The molecule has 0 heterocycles. The van der Waals surface area contributed by atoms with E-state index in [0.717, 1.165) is 27.9 Å². The third kappa shape index (κ3) is 2.84. The maximum atomic E-state index is 12.3. The number of benzene rings is 2. The Morgan fingerprint density at radius 1 is 0.895 bits per heavy atom. The van der Waals surface area contributed by atoms with Crippen molar-refractivity contribution >= 4 is 11.6 Å². The van der Waals surface area contributed by atoms with E-state index >= 15 is 0 Å². The third-order valence-corrected chi connectivity index (χ3v) is 3.31. The molecule has 0 aliphatic carbocycles. The minimum Gasteiger partial charge on any atom is -0.321 e. The predicted molar refractivity (Wildman–Crippen MR) is 79.8 cm³/mol. The van der Waals surface area contributed by atoms with Crippen LogP contribution >= 0.6 is 0 Å². The topological polar surface area (TPSA) is 29.1 Å². The monoisotopic (exact) mass is 253 g/mol. The van der Waals surface area contributed by atoms with Gasteiger partial charge in [-0.1, -0.05) is 35.9 Å². The molecule has 0 saturated heterocycles. The van der Waals surface area contributed by atoms with Gasteiger partial charge in [0.25, 0.3) is 5.91 Å². The molecule has 0 spiro atoms. The van der Waals surface area contributed by atoms with Crippen molar-refractivity contribution in [1.82, 2.24) is 0 Å². The van der Waals surface area contributed by atoms with Gasteiger partial charge in [0.15, 0.2) is 0 Å². The first-order valence-electron chi connectivity index (χ1n) is 6.44. The molecule has 0 fully saturated rings. The fraction of sp³-hybridized carbons (Fsp3) is 0.235. The highest BCUT2D eigenvalue weighted by molar-refractivity contribution is 6.06. The van der Waals surface area contributed by atoms with Gasteiger partial charge < -0.3 is 5.32 Å². The van der Waals surface area contributed by atoms with E-state index in [-0.39, 0.29) is 5.91 Å². The van der Waals surface area contributed by atoms with Gasteiger partial charge in [0.05, 0.1) is 0 Å². The average Bonchev–Trinajstić information content (AvgIpc) is 2.34. The average molecular weight is 253 g/mol. The number of hydrogen-bond acceptors (Lipinski definition) is 1. The molecule has 0 aromatic heterocycles. The molecule has 1 N–H and O–H groups in total. The lowest BCUT2D eigenvalue weighted by atomic mass is 10.0. The smallest absolute Gasteiger partial charge is 0.255 e. The van der Waals surface area contributed by atoms with Gasteiger partial charge in [0.1, 0.15) is 0 Å². The van der Waals surface area contributed by atoms with Gasteiger partial charge in [0.2, 0.25) is 0 Å². The highest BCUT2D eigenvalue weighted by atomic mass is 16.1. The molecule has 98 valence electrons. The molecular formula is C17H19NO. The molecule has 1 amide bonds. The zero-order valence-electron chi connectivity index (χ0n) is 11.9. The van der Waals surface area contributed by atoms with Crippen molar-refractivity contribution in [2.75, 3.05) is 5.32 Å². The largest absolute Gasteiger partial charge is 0.321 e. The van der Waals surface area contributed by atoms with Crippen molar-refractivity contribution in [3.63, 3.8) is 0 Å². The van der Waals surface area contributed by atoms with Gasteiger partial charge in [-0.05, 0) is 50.5 Å². The molecule has 19 heavy (non-hydrogen) atoms. The predicted octanol–water partition coefficient (Wildman–Crippen LogP) is 4.17. The quantitative estimate of drug-likeness (QED) is 0.855. The summed E-state index contributed by atoms with van der Waals surface area (Å²) in [5.74, 6) is -0.0480. The SMILES string of the molecule is Cc1cc(C)c(NC(=O)c2ccccc2C)c(C)c1. The Balaban J connectivity index is 2.32. The minimum absolute atomic E-state index is 0.0480. The lowest BCUT2D eigenvalue weighted by Crippen LogP contribution is -2.15. The molecule has 0 aliphatic rings. The van der Waals surface area contributed by atoms with E-state index in [9.17, 15) is 4.79 Å². The van der Waals surface area contributed by atoms with Crippen LogP contribution in [0.25, 0.3) is 0 Å². The van der Waals surface area contributed by atoms with Gasteiger partial charge in [0, 0.05) is 11.3 Å². The van der Waals surface area contributed by atoms with Gasteiger partial charge in [-0.2, -0.15) is 0 Å². The van der Waals surface area contributed by atoms with Gasteiger partial charge in [-0.3, -0.25) is 4.79 Å². The van der Waals surface area contributed by atoms with Crippen molar-refractivity contribution in [3.8, 4) is 0 Å². The molecule has 2 aromatic rings. The lowest BCUT2D eigenvalue weighted by Gasteiger charge is -2.13. The molecular weight excluding hydrogens is 234 g/mol. The number of aryl methyl sites for hydroxylation is 4. The van der Waals surface area contributed by atoms with E-state index in [1.165, 1.54) is 5.56 Å². The van der Waals surface area contributed by atoms with Crippen molar-refractivity contribution in [3.05, 3.63) is 64.2 Å². The van der Waals surface area contributed by atoms with Crippen LogP contribution in [0, 0.1) is 27.7 Å². The molecule has 2 heteroatoms. The van der Waals surface area contributed by atoms with E-state index in [4.69, 9.17) is 0 Å².